The van der Waals surface area contributed by atoms with Gasteiger partial charge in [0.2, 0.25) is 5.91 Å². The maximum absolute atomic E-state index is 12.1. The molecule has 2 amide bonds. The molecule has 23 heavy (non-hydrogen) atoms. The van der Waals surface area contributed by atoms with Gasteiger partial charge < -0.3 is 4.98 Å². The number of hydrogen-bond acceptors (Lipinski definition) is 3. The molecule has 6 heteroatoms. The summed E-state index contributed by atoms with van der Waals surface area (Å²) in [5.41, 5.74) is 7.43. The normalized spacial score (nSPS) is 10.7. The number of amides is 2. The third-order valence-electron chi connectivity index (χ3n) is 3.63. The molecule has 3 rings (SSSR count). The van der Waals surface area contributed by atoms with Gasteiger partial charge in [0, 0.05) is 26.9 Å². The first-order chi connectivity index (χ1) is 11.0. The SMILES string of the molecule is Cc1cc(C(=O)NNC(=O)Cc2c[nH]c3ccccc23)c(C)s1. The number of aryl methyl sites for hydroxylation is 2. The Morgan fingerprint density at radius 1 is 1.17 bits per heavy atom. The molecule has 0 atom stereocenters. The summed E-state index contributed by atoms with van der Waals surface area (Å²) in [6.07, 6.45) is 2.02. The fraction of sp³-hybridized carbons (Fsp3) is 0.176. The van der Waals surface area contributed by atoms with Crippen LogP contribution in [-0.4, -0.2) is 16.8 Å². The minimum absolute atomic E-state index is 0.200. The Bertz CT molecular complexity index is 879. The summed E-state index contributed by atoms with van der Waals surface area (Å²) in [5, 5.41) is 1.01. The molecule has 0 radical (unpaired) electrons. The molecule has 3 aromatic rings. The number of nitrogens with one attached hydrogen (secondary N) is 3. The highest BCUT2D eigenvalue weighted by Gasteiger charge is 2.13. The maximum Gasteiger partial charge on any atom is 0.270 e. The van der Waals surface area contributed by atoms with Crippen molar-refractivity contribution in [3.05, 3.63) is 57.4 Å². The van der Waals surface area contributed by atoms with E-state index < -0.39 is 0 Å². The number of fused-ring (bicyclic) bond motifs is 1. The van der Waals surface area contributed by atoms with Gasteiger partial charge in [-0.05, 0) is 31.5 Å². The number of rotatable bonds is 3. The fourth-order valence-corrected chi connectivity index (χ4v) is 3.47. The number of carbonyl (C=O) groups excluding carboxylic acids is 2. The molecule has 0 unspecified atom stereocenters. The van der Waals surface area contributed by atoms with Gasteiger partial charge in [-0.25, -0.2) is 0 Å². The van der Waals surface area contributed by atoms with Crippen molar-refractivity contribution in [1.82, 2.24) is 15.8 Å². The quantitative estimate of drug-likeness (QED) is 0.647. The highest BCUT2D eigenvalue weighted by Crippen LogP contribution is 2.20. The number of para-hydroxylation sites is 1. The zero-order valence-corrected chi connectivity index (χ0v) is 13.7. The third-order valence-corrected chi connectivity index (χ3v) is 4.59. The number of carbonyl (C=O) groups is 2. The first-order valence-electron chi connectivity index (χ1n) is 7.26. The van der Waals surface area contributed by atoms with Crippen LogP contribution in [0.4, 0.5) is 0 Å². The topological polar surface area (TPSA) is 74.0 Å². The molecule has 0 saturated heterocycles. The zero-order chi connectivity index (χ0) is 16.4. The van der Waals surface area contributed by atoms with E-state index in [4.69, 9.17) is 0 Å². The molecule has 5 nitrogen and oxygen atoms in total. The molecule has 0 fully saturated rings. The molecule has 2 aromatic heterocycles. The number of aromatic amines is 1. The van der Waals surface area contributed by atoms with E-state index in [9.17, 15) is 9.59 Å². The molecule has 3 N–H and O–H groups in total. The Morgan fingerprint density at radius 3 is 2.70 bits per heavy atom. The van der Waals surface area contributed by atoms with Gasteiger partial charge in [-0.2, -0.15) is 0 Å². The second-order valence-corrected chi connectivity index (χ2v) is 6.83. The van der Waals surface area contributed by atoms with E-state index in [2.05, 4.69) is 15.8 Å². The van der Waals surface area contributed by atoms with Crippen LogP contribution in [0.25, 0.3) is 10.9 Å². The van der Waals surface area contributed by atoms with E-state index in [1.807, 2.05) is 50.4 Å². The van der Waals surface area contributed by atoms with Gasteiger partial charge in [-0.3, -0.25) is 20.4 Å². The van der Waals surface area contributed by atoms with Crippen molar-refractivity contribution in [1.29, 1.82) is 0 Å². The fourth-order valence-electron chi connectivity index (χ4n) is 2.55. The standard InChI is InChI=1S/C17H17N3O2S/c1-10-7-14(11(2)23-10)17(22)20-19-16(21)8-12-9-18-15-6-4-3-5-13(12)15/h3-7,9,18H,8H2,1-2H3,(H,19,21)(H,20,22). The summed E-state index contributed by atoms with van der Waals surface area (Å²) in [4.78, 5) is 29.2. The van der Waals surface area contributed by atoms with E-state index in [1.165, 1.54) is 0 Å². The van der Waals surface area contributed by atoms with Crippen molar-refractivity contribution in [2.24, 2.45) is 0 Å². The summed E-state index contributed by atoms with van der Waals surface area (Å²) in [5.74, 6) is -0.549. The van der Waals surface area contributed by atoms with Crippen LogP contribution >= 0.6 is 11.3 Å². The lowest BCUT2D eigenvalue weighted by atomic mass is 10.1. The summed E-state index contributed by atoms with van der Waals surface area (Å²) in [6.45, 7) is 3.84. The van der Waals surface area contributed by atoms with Crippen molar-refractivity contribution < 1.29 is 9.59 Å². The monoisotopic (exact) mass is 327 g/mol. The van der Waals surface area contributed by atoms with E-state index in [0.717, 1.165) is 26.2 Å². The Morgan fingerprint density at radius 2 is 1.96 bits per heavy atom. The number of thiophene rings is 1. The average molecular weight is 327 g/mol. The van der Waals surface area contributed by atoms with Crippen LogP contribution in [0.3, 0.4) is 0 Å². The smallest absolute Gasteiger partial charge is 0.270 e. The maximum atomic E-state index is 12.1. The predicted octanol–water partition coefficient (Wildman–Crippen LogP) is 2.85. The second-order valence-electron chi connectivity index (χ2n) is 5.37. The highest BCUT2D eigenvalue weighted by atomic mass is 32.1. The predicted molar refractivity (Wildman–Crippen MR) is 91.4 cm³/mol. The van der Waals surface area contributed by atoms with Gasteiger partial charge in [0.25, 0.3) is 5.91 Å². The number of aromatic nitrogens is 1. The Kier molecular flexibility index (Phi) is 4.16. The summed E-state index contributed by atoms with van der Waals surface area (Å²) in [7, 11) is 0. The van der Waals surface area contributed by atoms with E-state index in [1.54, 1.807) is 11.3 Å². The first kappa shape index (κ1) is 15.3. The van der Waals surface area contributed by atoms with Gasteiger partial charge in [0.15, 0.2) is 0 Å². The van der Waals surface area contributed by atoms with Crippen molar-refractivity contribution in [2.45, 2.75) is 20.3 Å². The minimum atomic E-state index is -0.292. The first-order valence-corrected chi connectivity index (χ1v) is 8.07. The van der Waals surface area contributed by atoms with Crippen LogP contribution in [0, 0.1) is 13.8 Å². The minimum Gasteiger partial charge on any atom is -0.361 e. The van der Waals surface area contributed by atoms with E-state index >= 15 is 0 Å². The van der Waals surface area contributed by atoms with Crippen LogP contribution in [-0.2, 0) is 11.2 Å². The Labute approximate surface area is 137 Å². The van der Waals surface area contributed by atoms with Gasteiger partial charge in [-0.15, -0.1) is 11.3 Å². The molecular formula is C17H17N3O2S. The number of benzene rings is 1. The molecule has 0 spiro atoms. The third kappa shape index (κ3) is 3.27. The molecular weight excluding hydrogens is 310 g/mol. The average Bonchev–Trinajstić information content (AvgIpc) is 3.08. The Balaban J connectivity index is 1.61. The van der Waals surface area contributed by atoms with Crippen molar-refractivity contribution in [2.75, 3.05) is 0 Å². The second kappa shape index (κ2) is 6.26. The zero-order valence-electron chi connectivity index (χ0n) is 12.9. The summed E-state index contributed by atoms with van der Waals surface area (Å²) in [6, 6.07) is 9.61. The molecule has 0 aliphatic heterocycles. The Hall–Kier alpha value is -2.60. The molecule has 1 aromatic carbocycles. The van der Waals surface area contributed by atoms with Crippen molar-refractivity contribution >= 4 is 34.1 Å². The lowest BCUT2D eigenvalue weighted by Gasteiger charge is -2.06. The molecule has 0 saturated carbocycles. The number of hydrazine groups is 1. The molecule has 118 valence electrons. The van der Waals surface area contributed by atoms with Gasteiger partial charge >= 0.3 is 0 Å². The molecule has 0 bridgehead atoms. The van der Waals surface area contributed by atoms with Gasteiger partial charge in [0.05, 0.1) is 12.0 Å². The largest absolute Gasteiger partial charge is 0.361 e. The highest BCUT2D eigenvalue weighted by molar-refractivity contribution is 7.12. The number of hydrogen-bond donors (Lipinski definition) is 3. The van der Waals surface area contributed by atoms with Crippen molar-refractivity contribution in [3.8, 4) is 0 Å². The number of H-pyrrole nitrogens is 1. The lowest BCUT2D eigenvalue weighted by Crippen LogP contribution is -2.42. The molecule has 2 heterocycles. The van der Waals surface area contributed by atoms with Crippen LogP contribution in [0.15, 0.2) is 36.5 Å². The van der Waals surface area contributed by atoms with Crippen LogP contribution in [0.2, 0.25) is 0 Å². The van der Waals surface area contributed by atoms with Crippen molar-refractivity contribution in [3.63, 3.8) is 0 Å². The lowest BCUT2D eigenvalue weighted by molar-refractivity contribution is -0.121. The summed E-state index contributed by atoms with van der Waals surface area (Å²) >= 11 is 1.56. The van der Waals surface area contributed by atoms with E-state index in [0.29, 0.717) is 5.56 Å². The van der Waals surface area contributed by atoms with Crippen LogP contribution < -0.4 is 10.9 Å². The van der Waals surface area contributed by atoms with E-state index in [-0.39, 0.29) is 18.2 Å². The van der Waals surface area contributed by atoms with Crippen LogP contribution in [0.5, 0.6) is 0 Å². The van der Waals surface area contributed by atoms with Crippen LogP contribution in [0.1, 0.15) is 25.7 Å². The molecule has 0 aliphatic carbocycles. The van der Waals surface area contributed by atoms with Gasteiger partial charge in [-0.1, -0.05) is 18.2 Å². The summed E-state index contributed by atoms with van der Waals surface area (Å²) < 4.78 is 0. The molecule has 0 aliphatic rings. The van der Waals surface area contributed by atoms with Gasteiger partial charge in [0.1, 0.15) is 0 Å².